The van der Waals surface area contributed by atoms with Crippen molar-refractivity contribution in [2.75, 3.05) is 0 Å². The van der Waals surface area contributed by atoms with Gasteiger partial charge < -0.3 is 0 Å². The summed E-state index contributed by atoms with van der Waals surface area (Å²) < 4.78 is 0. The lowest BCUT2D eigenvalue weighted by molar-refractivity contribution is 0.334. The Kier molecular flexibility index (Phi) is 3.37. The van der Waals surface area contributed by atoms with Crippen molar-refractivity contribution in [1.29, 1.82) is 0 Å². The molecule has 19 heavy (non-hydrogen) atoms. The van der Waals surface area contributed by atoms with Crippen LogP contribution in [0, 0.1) is 5.41 Å². The number of aromatic nitrogens is 1. The van der Waals surface area contributed by atoms with E-state index in [0.29, 0.717) is 5.41 Å². The molecule has 1 fully saturated rings. The molecule has 1 heteroatoms. The Balaban J connectivity index is 1.76. The first-order valence-electron chi connectivity index (χ1n) is 7.26. The largest absolute Gasteiger partial charge is 0.256 e. The molecule has 1 nitrogen and oxygen atoms in total. The van der Waals surface area contributed by atoms with Gasteiger partial charge in [0.2, 0.25) is 0 Å². The topological polar surface area (TPSA) is 12.9 Å². The highest BCUT2D eigenvalue weighted by Crippen LogP contribution is 2.40. The minimum absolute atomic E-state index is 0.534. The molecule has 1 aliphatic rings. The summed E-state index contributed by atoms with van der Waals surface area (Å²) in [6.45, 7) is 2.44. The van der Waals surface area contributed by atoms with Crippen LogP contribution in [0.4, 0.5) is 0 Å². The van der Waals surface area contributed by atoms with Crippen LogP contribution in [0.15, 0.2) is 48.7 Å². The van der Waals surface area contributed by atoms with Crippen molar-refractivity contribution in [3.05, 3.63) is 54.2 Å². The third-order valence-corrected chi connectivity index (χ3v) is 4.36. The van der Waals surface area contributed by atoms with Gasteiger partial charge in [-0.3, -0.25) is 4.98 Å². The van der Waals surface area contributed by atoms with E-state index < -0.39 is 0 Å². The average molecular weight is 251 g/mol. The second-order valence-electron chi connectivity index (χ2n) is 6.11. The van der Waals surface area contributed by atoms with Gasteiger partial charge in [0, 0.05) is 11.8 Å². The summed E-state index contributed by atoms with van der Waals surface area (Å²) in [6.07, 6.45) is 8.65. The number of pyridine rings is 1. The lowest BCUT2D eigenvalue weighted by Gasteiger charge is -2.23. The maximum absolute atomic E-state index is 4.40. The first-order valence-corrected chi connectivity index (χ1v) is 7.26. The van der Waals surface area contributed by atoms with Gasteiger partial charge in [-0.1, -0.05) is 50.1 Å². The van der Waals surface area contributed by atoms with Crippen molar-refractivity contribution in [3.8, 4) is 11.3 Å². The summed E-state index contributed by atoms with van der Waals surface area (Å²) in [7, 11) is 0. The number of nitrogens with zero attached hydrogens (tertiary/aromatic N) is 1. The molecule has 0 N–H and O–H groups in total. The van der Waals surface area contributed by atoms with Gasteiger partial charge >= 0.3 is 0 Å². The van der Waals surface area contributed by atoms with Gasteiger partial charge in [-0.05, 0) is 42.4 Å². The molecule has 0 unspecified atom stereocenters. The fourth-order valence-electron chi connectivity index (χ4n) is 3.23. The molecule has 0 spiro atoms. The molecular formula is C18H21N. The molecule has 0 radical (unpaired) electrons. The van der Waals surface area contributed by atoms with Crippen molar-refractivity contribution in [2.24, 2.45) is 5.41 Å². The molecule has 3 rings (SSSR count). The van der Waals surface area contributed by atoms with Gasteiger partial charge in [0.25, 0.3) is 0 Å². The maximum Gasteiger partial charge on any atom is 0.0701 e. The summed E-state index contributed by atoms with van der Waals surface area (Å²) in [5, 5.41) is 0. The first-order chi connectivity index (χ1) is 9.25. The lowest BCUT2D eigenvalue weighted by atomic mass is 9.82. The monoisotopic (exact) mass is 251 g/mol. The molecule has 1 heterocycles. The summed E-state index contributed by atoms with van der Waals surface area (Å²) in [6, 6.07) is 15.0. The molecule has 1 aromatic carbocycles. The van der Waals surface area contributed by atoms with Crippen LogP contribution in [0.25, 0.3) is 11.3 Å². The first kappa shape index (κ1) is 12.4. The number of hydrogen-bond donors (Lipinski definition) is 0. The van der Waals surface area contributed by atoms with Gasteiger partial charge in [-0.15, -0.1) is 0 Å². The smallest absolute Gasteiger partial charge is 0.0701 e. The summed E-state index contributed by atoms with van der Waals surface area (Å²) in [5.74, 6) is 0. The van der Waals surface area contributed by atoms with E-state index in [4.69, 9.17) is 0 Å². The molecule has 0 saturated heterocycles. The SMILES string of the molecule is CC1(Cc2ccc(-c3ccccn3)cc2)CCCC1. The van der Waals surface area contributed by atoms with Crippen molar-refractivity contribution >= 4 is 0 Å². The van der Waals surface area contributed by atoms with Crippen LogP contribution in [-0.2, 0) is 6.42 Å². The van der Waals surface area contributed by atoms with Crippen molar-refractivity contribution < 1.29 is 0 Å². The molecule has 2 aromatic rings. The molecule has 0 atom stereocenters. The predicted molar refractivity (Wildman–Crippen MR) is 80.0 cm³/mol. The van der Waals surface area contributed by atoms with Gasteiger partial charge in [0.05, 0.1) is 5.69 Å². The van der Waals surface area contributed by atoms with E-state index in [0.717, 1.165) is 5.69 Å². The van der Waals surface area contributed by atoms with Crippen LogP contribution in [0.3, 0.4) is 0 Å². The third kappa shape index (κ3) is 2.86. The van der Waals surface area contributed by atoms with Crippen molar-refractivity contribution in [3.63, 3.8) is 0 Å². The molecular weight excluding hydrogens is 230 g/mol. The van der Waals surface area contributed by atoms with Crippen molar-refractivity contribution in [2.45, 2.75) is 39.0 Å². The van der Waals surface area contributed by atoms with Gasteiger partial charge in [-0.25, -0.2) is 0 Å². The van der Waals surface area contributed by atoms with Crippen LogP contribution in [-0.4, -0.2) is 4.98 Å². The Morgan fingerprint density at radius 1 is 1.00 bits per heavy atom. The highest BCUT2D eigenvalue weighted by atomic mass is 14.7. The fourth-order valence-corrected chi connectivity index (χ4v) is 3.23. The standard InChI is InChI=1S/C18H21N/c1-18(11-3-4-12-18)14-15-7-9-16(10-8-15)17-6-2-5-13-19-17/h2,5-10,13H,3-4,11-12,14H2,1H3. The third-order valence-electron chi connectivity index (χ3n) is 4.36. The van der Waals surface area contributed by atoms with Crippen LogP contribution >= 0.6 is 0 Å². The van der Waals surface area contributed by atoms with E-state index in [9.17, 15) is 0 Å². The van der Waals surface area contributed by atoms with Gasteiger partial charge in [-0.2, -0.15) is 0 Å². The average Bonchev–Trinajstić information content (AvgIpc) is 2.87. The van der Waals surface area contributed by atoms with E-state index in [1.54, 1.807) is 0 Å². The molecule has 1 saturated carbocycles. The van der Waals surface area contributed by atoms with Crippen LogP contribution in [0.5, 0.6) is 0 Å². The number of rotatable bonds is 3. The highest BCUT2D eigenvalue weighted by molar-refractivity contribution is 5.59. The zero-order chi connectivity index (χ0) is 13.1. The van der Waals surface area contributed by atoms with Crippen LogP contribution in [0.1, 0.15) is 38.2 Å². The van der Waals surface area contributed by atoms with Gasteiger partial charge in [0.1, 0.15) is 0 Å². The molecule has 0 aliphatic heterocycles. The maximum atomic E-state index is 4.40. The van der Waals surface area contributed by atoms with Crippen LogP contribution in [0.2, 0.25) is 0 Å². The zero-order valence-electron chi connectivity index (χ0n) is 11.6. The zero-order valence-corrected chi connectivity index (χ0v) is 11.6. The molecule has 98 valence electrons. The summed E-state index contributed by atoms with van der Waals surface area (Å²) in [4.78, 5) is 4.40. The second-order valence-corrected chi connectivity index (χ2v) is 6.11. The Hall–Kier alpha value is -1.63. The summed E-state index contributed by atoms with van der Waals surface area (Å²) in [5.41, 5.74) is 4.26. The molecule has 1 aromatic heterocycles. The Morgan fingerprint density at radius 2 is 1.74 bits per heavy atom. The van der Waals surface area contributed by atoms with E-state index in [1.807, 2.05) is 18.3 Å². The Labute approximate surface area is 115 Å². The normalized spacial score (nSPS) is 17.5. The Morgan fingerprint density at radius 3 is 2.37 bits per heavy atom. The molecule has 0 bridgehead atoms. The van der Waals surface area contributed by atoms with Gasteiger partial charge in [0.15, 0.2) is 0 Å². The Bertz CT molecular complexity index is 521. The number of benzene rings is 1. The van der Waals surface area contributed by atoms with E-state index in [-0.39, 0.29) is 0 Å². The molecule has 1 aliphatic carbocycles. The lowest BCUT2D eigenvalue weighted by Crippen LogP contribution is -2.14. The second kappa shape index (κ2) is 5.16. The minimum Gasteiger partial charge on any atom is -0.256 e. The van der Waals surface area contributed by atoms with E-state index in [1.165, 1.54) is 43.2 Å². The fraction of sp³-hybridized carbons (Fsp3) is 0.389. The highest BCUT2D eigenvalue weighted by Gasteiger charge is 2.28. The number of hydrogen-bond acceptors (Lipinski definition) is 1. The van der Waals surface area contributed by atoms with E-state index >= 15 is 0 Å². The quantitative estimate of drug-likeness (QED) is 0.758. The van der Waals surface area contributed by atoms with Crippen LogP contribution < -0.4 is 0 Å². The van der Waals surface area contributed by atoms with E-state index in [2.05, 4.69) is 42.2 Å². The van der Waals surface area contributed by atoms with Crippen molar-refractivity contribution in [1.82, 2.24) is 4.98 Å². The predicted octanol–water partition coefficient (Wildman–Crippen LogP) is 4.87. The minimum atomic E-state index is 0.534. The molecule has 0 amide bonds. The summed E-state index contributed by atoms with van der Waals surface area (Å²) >= 11 is 0.